The topological polar surface area (TPSA) is 215 Å². The molecule has 4 heterocycles. The molecule has 0 aliphatic carbocycles. The average molecular weight is 777 g/mol. The number of aryl methyl sites for hydroxylation is 2. The summed E-state index contributed by atoms with van der Waals surface area (Å²) in [4.78, 5) is 91.9. The van der Waals surface area contributed by atoms with Gasteiger partial charge in [-0.3, -0.25) is 28.3 Å². The lowest BCUT2D eigenvalue weighted by Crippen LogP contribution is -2.45. The highest BCUT2D eigenvalue weighted by Gasteiger charge is 2.41. The highest BCUT2D eigenvalue weighted by Crippen LogP contribution is 2.32. The first-order valence-corrected chi connectivity index (χ1v) is 17.6. The Balaban J connectivity index is 1.15. The molecule has 18 heteroatoms. The van der Waals surface area contributed by atoms with Crippen LogP contribution in [0.2, 0.25) is 0 Å². The van der Waals surface area contributed by atoms with E-state index in [2.05, 4.69) is 0 Å². The number of carbonyl (C=O) groups is 3. The highest BCUT2D eigenvalue weighted by atomic mass is 16.7. The first-order chi connectivity index (χ1) is 26.9. The molecule has 2 aromatic heterocycles. The van der Waals surface area contributed by atoms with Gasteiger partial charge in [-0.25, -0.2) is 14.4 Å². The zero-order valence-corrected chi connectivity index (χ0v) is 30.7. The normalized spacial score (nSPS) is 21.9. The number of rotatable bonds is 13. The van der Waals surface area contributed by atoms with Gasteiger partial charge >= 0.3 is 17.3 Å². The Labute approximate surface area is 317 Å². The minimum absolute atomic E-state index is 0.0323. The third-order valence-electron chi connectivity index (χ3n) is 9.37. The van der Waals surface area contributed by atoms with Crippen molar-refractivity contribution in [1.82, 2.24) is 18.3 Å². The summed E-state index contributed by atoms with van der Waals surface area (Å²) in [6, 6.07) is 15.7. The van der Waals surface area contributed by atoms with Crippen LogP contribution in [0.4, 0.5) is 0 Å². The molecule has 0 bridgehead atoms. The minimum Gasteiger partial charge on any atom is -0.458 e. The fourth-order valence-electron chi connectivity index (χ4n) is 6.56. The Kier molecular flexibility index (Phi) is 12.5. The van der Waals surface area contributed by atoms with E-state index < -0.39 is 83.8 Å². The molecule has 2 saturated heterocycles. The maximum absolute atomic E-state index is 13.6. The molecule has 18 nitrogen and oxygen atoms in total. The second kappa shape index (κ2) is 17.4. The molecule has 6 atom stereocenters. The van der Waals surface area contributed by atoms with Gasteiger partial charge < -0.3 is 33.5 Å². The number of nitrogens with zero attached hydrogens (tertiary/aromatic N) is 4. The van der Waals surface area contributed by atoms with Crippen LogP contribution in [0.5, 0.6) is 0 Å². The van der Waals surface area contributed by atoms with Crippen molar-refractivity contribution in [3.05, 3.63) is 137 Å². The molecule has 296 valence electrons. The predicted molar refractivity (Wildman–Crippen MR) is 193 cm³/mol. The van der Waals surface area contributed by atoms with Gasteiger partial charge in [0.2, 0.25) is 0 Å². The van der Waals surface area contributed by atoms with E-state index in [0.717, 1.165) is 9.13 Å². The Hall–Kier alpha value is -5.63. The third-order valence-corrected chi connectivity index (χ3v) is 9.37. The van der Waals surface area contributed by atoms with E-state index in [1.807, 2.05) is 0 Å². The van der Waals surface area contributed by atoms with Gasteiger partial charge in [0.05, 0.1) is 19.3 Å². The number of carbonyl (C=O) groups excluding carboxylic acids is 3. The lowest BCUT2D eigenvalue weighted by molar-refractivity contribution is -0.164. The molecule has 0 radical (unpaired) electrons. The minimum atomic E-state index is -1.08. The van der Waals surface area contributed by atoms with Crippen molar-refractivity contribution >= 4 is 17.8 Å². The first-order valence-electron chi connectivity index (χ1n) is 17.6. The highest BCUT2D eigenvalue weighted by molar-refractivity contribution is 5.96. The Bertz CT molecular complexity index is 2320. The van der Waals surface area contributed by atoms with Gasteiger partial charge in [-0.2, -0.15) is 9.13 Å². The van der Waals surface area contributed by atoms with Gasteiger partial charge in [-0.1, -0.05) is 36.4 Å². The molecule has 0 amide bonds. The molecule has 1 N–H and O–H groups in total. The lowest BCUT2D eigenvalue weighted by atomic mass is 10.2. The molecular formula is C38H40N4O14. The van der Waals surface area contributed by atoms with Crippen LogP contribution in [0.25, 0.3) is 0 Å². The number of hydrogen-bond acceptors (Lipinski definition) is 14. The van der Waals surface area contributed by atoms with Gasteiger partial charge in [0.25, 0.3) is 22.9 Å². The Morgan fingerprint density at radius 3 is 1.70 bits per heavy atom. The molecule has 56 heavy (non-hydrogen) atoms. The van der Waals surface area contributed by atoms with E-state index in [9.17, 15) is 38.7 Å². The second-order valence-corrected chi connectivity index (χ2v) is 13.2. The van der Waals surface area contributed by atoms with Gasteiger partial charge in [0.15, 0.2) is 0 Å². The van der Waals surface area contributed by atoms with Gasteiger partial charge in [0.1, 0.15) is 44.2 Å². The van der Waals surface area contributed by atoms with Crippen molar-refractivity contribution in [3.63, 3.8) is 0 Å². The maximum atomic E-state index is 13.6. The lowest BCUT2D eigenvalue weighted by Gasteiger charge is -2.20. The van der Waals surface area contributed by atoms with Crippen molar-refractivity contribution in [2.45, 2.75) is 63.6 Å². The third kappa shape index (κ3) is 8.30. The van der Waals surface area contributed by atoms with Gasteiger partial charge in [-0.05, 0) is 38.1 Å². The van der Waals surface area contributed by atoms with Crippen molar-refractivity contribution in [2.75, 3.05) is 33.7 Å². The summed E-state index contributed by atoms with van der Waals surface area (Å²) in [7, 11) is 1.32. The van der Waals surface area contributed by atoms with Crippen LogP contribution in [-0.2, 0) is 33.2 Å². The molecule has 4 aromatic rings. The molecule has 0 saturated carbocycles. The largest absolute Gasteiger partial charge is 0.458 e. The van der Waals surface area contributed by atoms with Crippen LogP contribution in [0.3, 0.4) is 0 Å². The molecule has 2 aliphatic heterocycles. The molecule has 0 unspecified atom stereocenters. The monoisotopic (exact) mass is 776 g/mol. The fourth-order valence-corrected chi connectivity index (χ4v) is 6.56. The van der Waals surface area contributed by atoms with Crippen molar-refractivity contribution in [2.24, 2.45) is 0 Å². The van der Waals surface area contributed by atoms with Crippen LogP contribution in [-0.4, -0.2) is 99.3 Å². The van der Waals surface area contributed by atoms with E-state index in [-0.39, 0.29) is 55.1 Å². The maximum Gasteiger partial charge on any atom is 0.340 e. The smallest absolute Gasteiger partial charge is 0.340 e. The number of aliphatic hydroxyl groups is 1. The van der Waals surface area contributed by atoms with Crippen LogP contribution in [0.1, 0.15) is 57.1 Å². The summed E-state index contributed by atoms with van der Waals surface area (Å²) in [5.74, 6) is -2.34. The fraction of sp³-hybridized carbons (Fsp3) is 0.395. The Morgan fingerprint density at radius 1 is 0.732 bits per heavy atom. The molecule has 2 aromatic carbocycles. The second-order valence-electron chi connectivity index (χ2n) is 13.2. The van der Waals surface area contributed by atoms with E-state index in [0.29, 0.717) is 9.13 Å². The van der Waals surface area contributed by atoms with Crippen LogP contribution < -0.4 is 22.5 Å². The van der Waals surface area contributed by atoms with Crippen LogP contribution in [0.15, 0.2) is 92.2 Å². The number of benzene rings is 2. The zero-order valence-electron chi connectivity index (χ0n) is 30.7. The van der Waals surface area contributed by atoms with E-state index in [4.69, 9.17) is 28.4 Å². The van der Waals surface area contributed by atoms with Crippen LogP contribution in [0, 0.1) is 13.8 Å². The molecule has 2 fully saturated rings. The van der Waals surface area contributed by atoms with E-state index in [1.165, 1.54) is 57.6 Å². The summed E-state index contributed by atoms with van der Waals surface area (Å²) in [5, 5.41) is 10.1. The average Bonchev–Trinajstić information content (AvgIpc) is 3.80. The number of methoxy groups -OCH3 is 1. The predicted octanol–water partition coefficient (Wildman–Crippen LogP) is 0.512. The molecule has 2 aliphatic rings. The van der Waals surface area contributed by atoms with Crippen LogP contribution >= 0.6 is 0 Å². The summed E-state index contributed by atoms with van der Waals surface area (Å²) in [6.07, 6.45) is -3.17. The Morgan fingerprint density at radius 2 is 1.21 bits per heavy atom. The number of ether oxygens (including phenoxy) is 6. The number of esters is 1. The summed E-state index contributed by atoms with van der Waals surface area (Å²) < 4.78 is 37.4. The van der Waals surface area contributed by atoms with E-state index in [1.54, 1.807) is 36.4 Å². The standard InChI is InChI=1S/C38H40N4O14/c1-22-16-39(37(49)41(33(22)45)35(47)24-10-6-4-7-11-24)30-14-26(28(18-43)54-30)53-21-52-19-29-27(56-32(44)20-51-3)15-31(55-29)40-17-23(2)34(46)42(38(40)50)36(48)25-12-8-5-9-13-25/h4-13,16-17,26-31,43H,14-15,18-21H2,1-3H3/t26-,27-,28+,29+,30+,31+/m0/s1. The molecular weight excluding hydrogens is 736 g/mol. The number of hydrogen-bond donors (Lipinski definition) is 1. The molecule has 0 spiro atoms. The van der Waals surface area contributed by atoms with Gasteiger partial charge in [-0.15, -0.1) is 0 Å². The summed E-state index contributed by atoms with van der Waals surface area (Å²) in [5.41, 5.74) is -2.98. The number of aromatic nitrogens is 4. The van der Waals surface area contributed by atoms with Crippen molar-refractivity contribution < 1.29 is 47.9 Å². The first kappa shape index (κ1) is 40.0. The zero-order chi connectivity index (χ0) is 40.1. The summed E-state index contributed by atoms with van der Waals surface area (Å²) in [6.45, 7) is 1.46. The quantitative estimate of drug-likeness (QED) is 0.111. The molecule has 6 rings (SSSR count). The number of aliphatic hydroxyl groups excluding tert-OH is 1. The summed E-state index contributed by atoms with van der Waals surface area (Å²) >= 11 is 0. The SMILES string of the molecule is COCC(=O)O[C@H]1C[C@H](n2cc(C)c(=O)n(C(=O)c3ccccc3)c2=O)O[C@@H]1COCO[C@H]1C[C@H](n2cc(C)c(=O)n(C(=O)c3ccccc3)c2=O)O[C@@H]1CO. The van der Waals surface area contributed by atoms with E-state index >= 15 is 0 Å². The van der Waals surface area contributed by atoms with Gasteiger partial charge in [0, 0.05) is 54.6 Å². The van der Waals surface area contributed by atoms with Crippen molar-refractivity contribution in [3.8, 4) is 0 Å². The van der Waals surface area contributed by atoms with Crippen molar-refractivity contribution in [1.29, 1.82) is 0 Å².